The van der Waals surface area contributed by atoms with Gasteiger partial charge in [-0.25, -0.2) is 0 Å². The molecule has 0 aromatic heterocycles. The van der Waals surface area contributed by atoms with Crippen LogP contribution in [0.25, 0.3) is 0 Å². The molecular weight excluding hydrogens is 212 g/mol. The maximum absolute atomic E-state index is 11.4. The summed E-state index contributed by atoms with van der Waals surface area (Å²) in [7, 11) is 0. The fourth-order valence-corrected chi connectivity index (χ4v) is 3.14. The van der Waals surface area contributed by atoms with Crippen LogP contribution < -0.4 is 0 Å². The zero-order valence-electron chi connectivity index (χ0n) is 9.76. The standard InChI is InChI=1S/C15H16O2/c16-12-6-11(7-13(17)8-12)15-9-14(15)10-4-2-1-3-5-10/h1-5,11,14-15H,6-9H2/t14-,15-/m0/s1. The van der Waals surface area contributed by atoms with Gasteiger partial charge in [-0.15, -0.1) is 0 Å². The fourth-order valence-electron chi connectivity index (χ4n) is 3.14. The van der Waals surface area contributed by atoms with E-state index in [1.165, 1.54) is 5.56 Å². The molecular formula is C15H16O2. The smallest absolute Gasteiger partial charge is 0.140 e. The first-order valence-electron chi connectivity index (χ1n) is 6.32. The molecule has 0 heterocycles. The highest BCUT2D eigenvalue weighted by atomic mass is 16.1. The van der Waals surface area contributed by atoms with Crippen molar-refractivity contribution in [2.24, 2.45) is 11.8 Å². The average molecular weight is 228 g/mol. The minimum absolute atomic E-state index is 0.143. The Bertz CT molecular complexity index is 433. The van der Waals surface area contributed by atoms with Crippen molar-refractivity contribution in [1.29, 1.82) is 0 Å². The second kappa shape index (κ2) is 4.10. The van der Waals surface area contributed by atoms with Gasteiger partial charge in [-0.1, -0.05) is 30.3 Å². The van der Waals surface area contributed by atoms with Crippen LogP contribution in [0.1, 0.15) is 37.2 Å². The summed E-state index contributed by atoms with van der Waals surface area (Å²) in [5.74, 6) is 1.74. The van der Waals surface area contributed by atoms with Gasteiger partial charge in [0, 0.05) is 12.8 Å². The van der Waals surface area contributed by atoms with Gasteiger partial charge >= 0.3 is 0 Å². The number of carbonyl (C=O) groups excluding carboxylic acids is 2. The third-order valence-electron chi connectivity index (χ3n) is 4.05. The van der Waals surface area contributed by atoms with Crippen LogP contribution in [-0.2, 0) is 9.59 Å². The topological polar surface area (TPSA) is 34.1 Å². The molecule has 88 valence electrons. The molecule has 2 nitrogen and oxygen atoms in total. The van der Waals surface area contributed by atoms with Crippen LogP contribution in [0, 0.1) is 11.8 Å². The van der Waals surface area contributed by atoms with E-state index in [1.54, 1.807) is 0 Å². The lowest BCUT2D eigenvalue weighted by Crippen LogP contribution is -2.24. The number of carbonyl (C=O) groups is 2. The predicted octanol–water partition coefficient (Wildman–Crippen LogP) is 2.73. The molecule has 2 heteroatoms. The fraction of sp³-hybridized carbons (Fsp3) is 0.467. The van der Waals surface area contributed by atoms with E-state index in [9.17, 15) is 9.59 Å². The molecule has 2 atom stereocenters. The molecule has 1 aromatic carbocycles. The van der Waals surface area contributed by atoms with E-state index in [1.807, 2.05) is 6.07 Å². The van der Waals surface area contributed by atoms with Gasteiger partial charge in [0.25, 0.3) is 0 Å². The monoisotopic (exact) mass is 228 g/mol. The molecule has 3 rings (SSSR count). The van der Waals surface area contributed by atoms with Crippen LogP contribution in [0.15, 0.2) is 30.3 Å². The van der Waals surface area contributed by atoms with E-state index in [2.05, 4.69) is 24.3 Å². The quantitative estimate of drug-likeness (QED) is 0.729. The number of hydrogen-bond acceptors (Lipinski definition) is 2. The van der Waals surface area contributed by atoms with Crippen LogP contribution in [0.4, 0.5) is 0 Å². The van der Waals surface area contributed by atoms with Gasteiger partial charge in [-0.05, 0) is 29.7 Å². The molecule has 0 saturated heterocycles. The molecule has 1 aromatic rings. The zero-order valence-corrected chi connectivity index (χ0v) is 9.76. The van der Waals surface area contributed by atoms with Crippen LogP contribution >= 0.6 is 0 Å². The van der Waals surface area contributed by atoms with Gasteiger partial charge in [0.15, 0.2) is 0 Å². The van der Waals surface area contributed by atoms with Crippen molar-refractivity contribution >= 4 is 11.6 Å². The number of rotatable bonds is 2. The predicted molar refractivity (Wildman–Crippen MR) is 64.6 cm³/mol. The third kappa shape index (κ3) is 2.17. The molecule has 0 amide bonds. The SMILES string of the molecule is O=C1CC(=O)CC([C@@H]2C[C@H]2c2ccccc2)C1. The second-order valence-corrected chi connectivity index (χ2v) is 5.34. The summed E-state index contributed by atoms with van der Waals surface area (Å²) in [6.45, 7) is 0. The Balaban J connectivity index is 1.68. The minimum Gasteiger partial charge on any atom is -0.299 e. The normalized spacial score (nSPS) is 29.4. The molecule has 17 heavy (non-hydrogen) atoms. The summed E-state index contributed by atoms with van der Waals surface area (Å²) in [5, 5.41) is 0. The van der Waals surface area contributed by atoms with Crippen LogP contribution in [0.2, 0.25) is 0 Å². The second-order valence-electron chi connectivity index (χ2n) is 5.34. The first kappa shape index (κ1) is 10.7. The lowest BCUT2D eigenvalue weighted by Gasteiger charge is -2.20. The Labute approximate surface area is 101 Å². The van der Waals surface area contributed by atoms with Crippen LogP contribution in [-0.4, -0.2) is 11.6 Å². The Morgan fingerprint density at radius 1 is 0.941 bits per heavy atom. The first-order valence-corrected chi connectivity index (χ1v) is 6.32. The van der Waals surface area contributed by atoms with Crippen molar-refractivity contribution in [3.05, 3.63) is 35.9 Å². The minimum atomic E-state index is 0.143. The van der Waals surface area contributed by atoms with Crippen molar-refractivity contribution in [1.82, 2.24) is 0 Å². The summed E-state index contributed by atoms with van der Waals surface area (Å²) < 4.78 is 0. The van der Waals surface area contributed by atoms with E-state index < -0.39 is 0 Å². The summed E-state index contributed by atoms with van der Waals surface area (Å²) in [6.07, 6.45) is 2.58. The third-order valence-corrected chi connectivity index (χ3v) is 4.05. The molecule has 0 N–H and O–H groups in total. The number of benzene rings is 1. The van der Waals surface area contributed by atoms with Crippen molar-refractivity contribution in [3.63, 3.8) is 0 Å². The molecule has 0 bridgehead atoms. The van der Waals surface area contributed by atoms with Crippen molar-refractivity contribution in [2.75, 3.05) is 0 Å². The Morgan fingerprint density at radius 2 is 1.59 bits per heavy atom. The summed E-state index contributed by atoms with van der Waals surface area (Å²) >= 11 is 0. The molecule has 0 unspecified atom stereocenters. The Kier molecular flexibility index (Phi) is 2.58. The van der Waals surface area contributed by atoms with Crippen molar-refractivity contribution in [2.45, 2.75) is 31.6 Å². The van der Waals surface area contributed by atoms with Crippen LogP contribution in [0.3, 0.4) is 0 Å². The maximum Gasteiger partial charge on any atom is 0.140 e. The van der Waals surface area contributed by atoms with Gasteiger partial charge < -0.3 is 0 Å². The lowest BCUT2D eigenvalue weighted by atomic mass is 9.83. The molecule has 2 saturated carbocycles. The van der Waals surface area contributed by atoms with Crippen molar-refractivity contribution < 1.29 is 9.59 Å². The first-order chi connectivity index (χ1) is 8.24. The largest absolute Gasteiger partial charge is 0.299 e. The Morgan fingerprint density at radius 3 is 2.24 bits per heavy atom. The highest BCUT2D eigenvalue weighted by Crippen LogP contribution is 2.54. The zero-order chi connectivity index (χ0) is 11.8. The van der Waals surface area contributed by atoms with Crippen LogP contribution in [0.5, 0.6) is 0 Å². The highest BCUT2D eigenvalue weighted by molar-refractivity contribution is 6.01. The van der Waals surface area contributed by atoms with E-state index >= 15 is 0 Å². The van der Waals surface area contributed by atoms with Gasteiger partial charge in [0.05, 0.1) is 6.42 Å². The lowest BCUT2D eigenvalue weighted by molar-refractivity contribution is -0.131. The summed E-state index contributed by atoms with van der Waals surface area (Å²) in [6, 6.07) is 10.4. The number of hydrogen-bond donors (Lipinski definition) is 0. The van der Waals surface area contributed by atoms with Gasteiger partial charge in [-0.3, -0.25) is 9.59 Å². The summed E-state index contributed by atoms with van der Waals surface area (Å²) in [4.78, 5) is 22.9. The number of ketones is 2. The summed E-state index contributed by atoms with van der Waals surface area (Å²) in [5.41, 5.74) is 1.36. The molecule has 2 aliphatic carbocycles. The molecule has 2 fully saturated rings. The maximum atomic E-state index is 11.4. The molecule has 0 aliphatic heterocycles. The molecule has 0 radical (unpaired) electrons. The van der Waals surface area contributed by atoms with E-state index in [-0.39, 0.29) is 18.0 Å². The Hall–Kier alpha value is -1.44. The van der Waals surface area contributed by atoms with Gasteiger partial charge in [-0.2, -0.15) is 0 Å². The van der Waals surface area contributed by atoms with Crippen molar-refractivity contribution in [3.8, 4) is 0 Å². The van der Waals surface area contributed by atoms with E-state index in [4.69, 9.17) is 0 Å². The highest BCUT2D eigenvalue weighted by Gasteiger charge is 2.45. The molecule has 0 spiro atoms. The van der Waals surface area contributed by atoms with E-state index in [0.717, 1.165) is 6.42 Å². The average Bonchev–Trinajstić information content (AvgIpc) is 3.09. The molecule has 2 aliphatic rings. The van der Waals surface area contributed by atoms with E-state index in [0.29, 0.717) is 30.6 Å². The van der Waals surface area contributed by atoms with Gasteiger partial charge in [0.1, 0.15) is 11.6 Å². The number of Topliss-reactive ketones (excluding diaryl/α,β-unsaturated/α-hetero) is 2. The van der Waals surface area contributed by atoms with Gasteiger partial charge in [0.2, 0.25) is 0 Å².